The van der Waals surface area contributed by atoms with Crippen LogP contribution in [0.2, 0.25) is 5.02 Å². The van der Waals surface area contributed by atoms with Crippen molar-refractivity contribution in [1.82, 2.24) is 4.90 Å². The molecular weight excluding hydrogens is 536 g/mol. The largest absolute Gasteiger partial charge is 0.497 e. The number of Topliss-reactive ketones (excluding diaryl/α,β-unsaturated/α-hetero) is 2. The maximum Gasteiger partial charge on any atom is 0.238 e. The predicted molar refractivity (Wildman–Crippen MR) is 157 cm³/mol. The molecule has 41 heavy (non-hydrogen) atoms. The number of methoxy groups -OCH3 is 1. The highest BCUT2D eigenvalue weighted by Crippen LogP contribution is 2.62. The van der Waals surface area contributed by atoms with Crippen LogP contribution in [0.5, 0.6) is 5.75 Å². The van der Waals surface area contributed by atoms with Gasteiger partial charge in [-0.15, -0.1) is 0 Å². The van der Waals surface area contributed by atoms with Gasteiger partial charge in [0.2, 0.25) is 5.91 Å². The fourth-order valence-electron chi connectivity index (χ4n) is 6.91. The number of rotatable bonds is 5. The Bertz CT molecular complexity index is 1760. The van der Waals surface area contributed by atoms with Crippen molar-refractivity contribution in [2.24, 2.45) is 5.92 Å². The van der Waals surface area contributed by atoms with E-state index in [9.17, 15) is 14.4 Å². The van der Waals surface area contributed by atoms with E-state index >= 15 is 0 Å². The van der Waals surface area contributed by atoms with Gasteiger partial charge in [0.05, 0.1) is 19.1 Å². The third-order valence-corrected chi connectivity index (χ3v) is 8.86. The Hall–Kier alpha value is -4.68. The third-order valence-electron chi connectivity index (χ3n) is 8.60. The van der Waals surface area contributed by atoms with Gasteiger partial charge >= 0.3 is 0 Å². The first-order valence-electron chi connectivity index (χ1n) is 13.4. The second-order valence-electron chi connectivity index (χ2n) is 10.6. The van der Waals surface area contributed by atoms with E-state index in [1.807, 2.05) is 65.7 Å². The van der Waals surface area contributed by atoms with Crippen LogP contribution in [0.15, 0.2) is 103 Å². The highest BCUT2D eigenvalue weighted by Gasteiger charge is 2.70. The molecule has 0 aliphatic carbocycles. The number of halogens is 1. The van der Waals surface area contributed by atoms with Crippen LogP contribution in [-0.2, 0) is 10.2 Å². The summed E-state index contributed by atoms with van der Waals surface area (Å²) in [5.41, 5.74) is 2.59. The molecule has 6 nitrogen and oxygen atoms in total. The summed E-state index contributed by atoms with van der Waals surface area (Å²) < 4.78 is 5.41. The van der Waals surface area contributed by atoms with Crippen molar-refractivity contribution in [3.63, 3.8) is 0 Å². The zero-order chi connectivity index (χ0) is 28.3. The minimum absolute atomic E-state index is 0.265. The van der Waals surface area contributed by atoms with Gasteiger partial charge in [-0.1, -0.05) is 66.2 Å². The molecule has 4 aromatic carbocycles. The number of benzene rings is 4. The monoisotopic (exact) mass is 560 g/mol. The number of fused-ring (bicyclic) bond motifs is 6. The Morgan fingerprint density at radius 2 is 1.63 bits per heavy atom. The van der Waals surface area contributed by atoms with Crippen molar-refractivity contribution in [2.45, 2.75) is 17.5 Å². The molecule has 202 valence electrons. The van der Waals surface area contributed by atoms with Crippen molar-refractivity contribution in [1.29, 1.82) is 0 Å². The van der Waals surface area contributed by atoms with Crippen LogP contribution in [0.3, 0.4) is 0 Å². The second kappa shape index (κ2) is 9.46. The molecule has 7 heteroatoms. The average molecular weight is 561 g/mol. The van der Waals surface area contributed by atoms with Crippen LogP contribution < -0.4 is 10.1 Å². The zero-order valence-electron chi connectivity index (χ0n) is 22.1. The molecule has 4 aromatic rings. The van der Waals surface area contributed by atoms with Crippen molar-refractivity contribution >= 4 is 40.8 Å². The van der Waals surface area contributed by atoms with Gasteiger partial charge in [-0.25, -0.2) is 0 Å². The van der Waals surface area contributed by atoms with E-state index in [4.69, 9.17) is 16.3 Å². The maximum atomic E-state index is 14.7. The summed E-state index contributed by atoms with van der Waals surface area (Å²) in [4.78, 5) is 45.7. The molecule has 1 saturated heterocycles. The number of amides is 1. The molecule has 7 rings (SSSR count). The quantitative estimate of drug-likeness (QED) is 0.289. The molecule has 1 spiro atoms. The predicted octanol–water partition coefficient (Wildman–Crippen LogP) is 6.33. The molecule has 0 aromatic heterocycles. The summed E-state index contributed by atoms with van der Waals surface area (Å²) in [6, 6.07) is 27.3. The number of ketones is 2. The number of para-hydroxylation sites is 1. The molecule has 4 atom stereocenters. The molecule has 0 unspecified atom stereocenters. The normalized spacial score (nSPS) is 23.5. The van der Waals surface area contributed by atoms with Crippen molar-refractivity contribution in [3.8, 4) is 5.75 Å². The van der Waals surface area contributed by atoms with E-state index in [-0.39, 0.29) is 17.5 Å². The molecule has 3 aliphatic heterocycles. The Labute approximate surface area is 242 Å². The number of ether oxygens (including phenoxy) is 1. The van der Waals surface area contributed by atoms with E-state index in [1.165, 1.54) is 0 Å². The Balaban J connectivity index is 1.53. The summed E-state index contributed by atoms with van der Waals surface area (Å²) in [6.07, 6.45) is 3.81. The number of carbonyl (C=O) groups is 3. The van der Waals surface area contributed by atoms with Gasteiger partial charge in [-0.3, -0.25) is 14.4 Å². The van der Waals surface area contributed by atoms with E-state index in [0.29, 0.717) is 33.1 Å². The van der Waals surface area contributed by atoms with Crippen molar-refractivity contribution < 1.29 is 19.1 Å². The fourth-order valence-corrected chi connectivity index (χ4v) is 7.03. The lowest BCUT2D eigenvalue weighted by atomic mass is 9.62. The third kappa shape index (κ3) is 3.60. The first-order valence-corrected chi connectivity index (χ1v) is 13.8. The molecule has 3 aliphatic rings. The summed E-state index contributed by atoms with van der Waals surface area (Å²) in [5, 5.41) is 3.55. The van der Waals surface area contributed by atoms with Crippen LogP contribution in [0.4, 0.5) is 5.69 Å². The maximum absolute atomic E-state index is 14.7. The Kier molecular flexibility index (Phi) is 5.84. The SMILES string of the molecule is COc1cccc(C(=O)[C@H]2[C@@H](C(=O)c3ccc(Cl)cc3)[C@]3(C(=O)Nc4ccccc43)[C@H]3c4ccccc4C=CN23)c1. The van der Waals surface area contributed by atoms with Crippen LogP contribution in [0.1, 0.15) is 43.4 Å². The summed E-state index contributed by atoms with van der Waals surface area (Å²) >= 11 is 6.17. The summed E-state index contributed by atoms with van der Waals surface area (Å²) in [5.74, 6) is -1.38. The van der Waals surface area contributed by atoms with E-state index in [1.54, 1.807) is 55.6 Å². The second-order valence-corrected chi connectivity index (χ2v) is 11.0. The molecule has 1 amide bonds. The lowest BCUT2D eigenvalue weighted by Crippen LogP contribution is -2.49. The highest BCUT2D eigenvalue weighted by atomic mass is 35.5. The zero-order valence-corrected chi connectivity index (χ0v) is 22.8. The first kappa shape index (κ1) is 25.3. The minimum Gasteiger partial charge on any atom is -0.497 e. The lowest BCUT2D eigenvalue weighted by Gasteiger charge is -2.38. The number of nitrogens with one attached hydrogen (secondary N) is 1. The minimum atomic E-state index is -1.38. The van der Waals surface area contributed by atoms with Crippen molar-refractivity contribution in [3.05, 3.63) is 136 Å². The van der Waals surface area contributed by atoms with E-state index < -0.39 is 23.4 Å². The standard InChI is InChI=1S/C34H25ClN2O4/c1-41-24-9-6-8-22(19-24)31(39)29-28(30(38)21-13-15-23(35)16-14-21)34(26-11-4-5-12-27(26)36-33(34)40)32-25-10-3-2-7-20(25)17-18-37(29)32/h2-19,28-29,32H,1H3,(H,36,40)/t28-,29+,32+,34-/m0/s1. The molecule has 1 fully saturated rings. The fraction of sp³-hybridized carbons (Fsp3) is 0.147. The number of carbonyl (C=O) groups excluding carboxylic acids is 3. The van der Waals surface area contributed by atoms with Gasteiger partial charge in [-0.05, 0) is 65.2 Å². The molecule has 3 heterocycles. The lowest BCUT2D eigenvalue weighted by molar-refractivity contribution is -0.122. The van der Waals surface area contributed by atoms with Crippen LogP contribution in [-0.4, -0.2) is 35.5 Å². The first-order chi connectivity index (χ1) is 19.9. The summed E-state index contributed by atoms with van der Waals surface area (Å²) in [6.45, 7) is 0. The van der Waals surface area contributed by atoms with Gasteiger partial charge in [0.25, 0.3) is 0 Å². The topological polar surface area (TPSA) is 75.7 Å². The van der Waals surface area contributed by atoms with Gasteiger partial charge in [0, 0.05) is 28.0 Å². The number of nitrogens with zero attached hydrogens (tertiary/aromatic N) is 1. The van der Waals surface area contributed by atoms with Crippen LogP contribution >= 0.6 is 11.6 Å². The van der Waals surface area contributed by atoms with Gasteiger partial charge < -0.3 is 15.0 Å². The summed E-state index contributed by atoms with van der Waals surface area (Å²) in [7, 11) is 1.54. The number of hydrogen-bond donors (Lipinski definition) is 1. The Morgan fingerprint density at radius 1 is 0.878 bits per heavy atom. The molecule has 0 saturated carbocycles. The average Bonchev–Trinajstić information content (AvgIpc) is 3.49. The van der Waals surface area contributed by atoms with Crippen LogP contribution in [0.25, 0.3) is 6.08 Å². The molecule has 1 N–H and O–H groups in total. The van der Waals surface area contributed by atoms with Gasteiger partial charge in [-0.2, -0.15) is 0 Å². The van der Waals surface area contributed by atoms with Crippen LogP contribution in [0, 0.1) is 5.92 Å². The van der Waals surface area contributed by atoms with E-state index in [2.05, 4.69) is 5.32 Å². The molecule has 0 bridgehead atoms. The van der Waals surface area contributed by atoms with Gasteiger partial charge in [0.15, 0.2) is 11.6 Å². The highest BCUT2D eigenvalue weighted by molar-refractivity contribution is 6.30. The van der Waals surface area contributed by atoms with Crippen molar-refractivity contribution in [2.75, 3.05) is 12.4 Å². The molecular formula is C34H25ClN2O4. The number of hydrogen-bond acceptors (Lipinski definition) is 5. The smallest absolute Gasteiger partial charge is 0.238 e. The van der Waals surface area contributed by atoms with E-state index in [0.717, 1.165) is 11.1 Å². The van der Waals surface area contributed by atoms with Gasteiger partial charge in [0.1, 0.15) is 17.2 Å². The number of anilines is 1. The molecule has 0 radical (unpaired) electrons. The Morgan fingerprint density at radius 3 is 2.44 bits per heavy atom.